The van der Waals surface area contributed by atoms with Crippen molar-refractivity contribution >= 4 is 11.6 Å². The number of amides is 1. The van der Waals surface area contributed by atoms with Gasteiger partial charge in [0, 0.05) is 37.5 Å². The molecule has 1 aromatic heterocycles. The van der Waals surface area contributed by atoms with E-state index in [4.69, 9.17) is 9.47 Å². The lowest BCUT2D eigenvalue weighted by molar-refractivity contribution is -0.116. The van der Waals surface area contributed by atoms with Gasteiger partial charge in [0.2, 0.25) is 12.7 Å². The molecule has 0 unspecified atom stereocenters. The molecule has 0 spiro atoms. The predicted octanol–water partition coefficient (Wildman–Crippen LogP) is 1.93. The van der Waals surface area contributed by atoms with Gasteiger partial charge < -0.3 is 20.1 Å². The average Bonchev–Trinajstić information content (AvgIpc) is 3.00. The maximum absolute atomic E-state index is 11.9. The number of rotatable bonds is 6. The van der Waals surface area contributed by atoms with Crippen molar-refractivity contribution < 1.29 is 14.3 Å². The first-order valence-electron chi connectivity index (χ1n) is 7.11. The number of anilines is 1. The number of fused-ring (bicyclic) bond motifs is 1. The molecule has 2 N–H and O–H groups in total. The Bertz CT molecular complexity index is 646. The normalized spacial score (nSPS) is 12.2. The van der Waals surface area contributed by atoms with E-state index in [1.54, 1.807) is 24.4 Å². The molecule has 2 aromatic rings. The lowest BCUT2D eigenvalue weighted by Gasteiger charge is -2.07. The molecule has 2 heterocycles. The van der Waals surface area contributed by atoms with Crippen LogP contribution in [0.4, 0.5) is 5.69 Å². The predicted molar refractivity (Wildman–Crippen MR) is 81.8 cm³/mol. The summed E-state index contributed by atoms with van der Waals surface area (Å²) in [6.07, 6.45) is 2.14. The van der Waals surface area contributed by atoms with E-state index < -0.39 is 0 Å². The third-order valence-corrected chi connectivity index (χ3v) is 3.22. The van der Waals surface area contributed by atoms with Crippen molar-refractivity contribution in [2.24, 2.45) is 0 Å². The largest absolute Gasteiger partial charge is 0.454 e. The van der Waals surface area contributed by atoms with Gasteiger partial charge in [0.1, 0.15) is 0 Å². The highest BCUT2D eigenvalue weighted by Crippen LogP contribution is 2.34. The van der Waals surface area contributed by atoms with Crippen LogP contribution in [0.5, 0.6) is 11.5 Å². The molecule has 0 fully saturated rings. The van der Waals surface area contributed by atoms with Gasteiger partial charge in [-0.1, -0.05) is 6.07 Å². The third kappa shape index (κ3) is 3.73. The van der Waals surface area contributed by atoms with Crippen LogP contribution in [0.3, 0.4) is 0 Å². The van der Waals surface area contributed by atoms with Crippen LogP contribution in [0.1, 0.15) is 12.1 Å². The first kappa shape index (κ1) is 14.3. The first-order valence-corrected chi connectivity index (χ1v) is 7.11. The SMILES string of the molecule is O=C(CCNCc1ccccn1)Nc1ccc2c(c1)OCO2. The first-order chi connectivity index (χ1) is 10.8. The summed E-state index contributed by atoms with van der Waals surface area (Å²) in [7, 11) is 0. The van der Waals surface area contributed by atoms with Gasteiger partial charge in [-0.25, -0.2) is 0 Å². The van der Waals surface area contributed by atoms with Crippen molar-refractivity contribution in [2.75, 3.05) is 18.7 Å². The minimum atomic E-state index is -0.0487. The molecule has 1 aliphatic heterocycles. The van der Waals surface area contributed by atoms with Crippen molar-refractivity contribution in [1.29, 1.82) is 0 Å². The Morgan fingerprint density at radius 3 is 2.95 bits per heavy atom. The van der Waals surface area contributed by atoms with Crippen LogP contribution in [0.15, 0.2) is 42.6 Å². The van der Waals surface area contributed by atoms with Gasteiger partial charge in [-0.15, -0.1) is 0 Å². The Balaban J connectivity index is 1.41. The summed E-state index contributed by atoms with van der Waals surface area (Å²) < 4.78 is 10.5. The number of hydrogen-bond acceptors (Lipinski definition) is 5. The number of carbonyl (C=O) groups excluding carboxylic acids is 1. The van der Waals surface area contributed by atoms with Gasteiger partial charge in [0.15, 0.2) is 11.5 Å². The topological polar surface area (TPSA) is 72.5 Å². The summed E-state index contributed by atoms with van der Waals surface area (Å²) in [5.41, 5.74) is 1.66. The van der Waals surface area contributed by atoms with Crippen LogP contribution < -0.4 is 20.1 Å². The molecule has 114 valence electrons. The van der Waals surface area contributed by atoms with Crippen LogP contribution in [-0.2, 0) is 11.3 Å². The zero-order valence-corrected chi connectivity index (χ0v) is 12.0. The molecule has 0 aliphatic carbocycles. The lowest BCUT2D eigenvalue weighted by atomic mass is 10.2. The van der Waals surface area contributed by atoms with Gasteiger partial charge in [0.25, 0.3) is 0 Å². The van der Waals surface area contributed by atoms with E-state index >= 15 is 0 Å². The Morgan fingerprint density at radius 1 is 1.18 bits per heavy atom. The van der Waals surface area contributed by atoms with Gasteiger partial charge in [0.05, 0.1) is 5.69 Å². The van der Waals surface area contributed by atoms with Gasteiger partial charge in [-0.3, -0.25) is 9.78 Å². The zero-order chi connectivity index (χ0) is 15.2. The summed E-state index contributed by atoms with van der Waals surface area (Å²) in [6, 6.07) is 11.1. The molecule has 1 amide bonds. The third-order valence-electron chi connectivity index (χ3n) is 3.22. The molecule has 0 saturated heterocycles. The summed E-state index contributed by atoms with van der Waals surface area (Å²) in [5.74, 6) is 1.31. The second kappa shape index (κ2) is 6.91. The monoisotopic (exact) mass is 299 g/mol. The van der Waals surface area contributed by atoms with Crippen molar-refractivity contribution in [3.8, 4) is 11.5 Å². The second-order valence-corrected chi connectivity index (χ2v) is 4.86. The van der Waals surface area contributed by atoms with Crippen molar-refractivity contribution in [3.05, 3.63) is 48.3 Å². The summed E-state index contributed by atoms with van der Waals surface area (Å²) >= 11 is 0. The minimum absolute atomic E-state index is 0.0487. The molecule has 6 heteroatoms. The lowest BCUT2D eigenvalue weighted by Crippen LogP contribution is -2.21. The maximum Gasteiger partial charge on any atom is 0.231 e. The van der Waals surface area contributed by atoms with Crippen LogP contribution in [0.25, 0.3) is 0 Å². The summed E-state index contributed by atoms with van der Waals surface area (Å²) in [5, 5.41) is 6.03. The molecular formula is C16H17N3O3. The molecule has 3 rings (SSSR count). The molecule has 0 saturated carbocycles. The van der Waals surface area contributed by atoms with E-state index in [1.807, 2.05) is 18.2 Å². The second-order valence-electron chi connectivity index (χ2n) is 4.86. The number of nitrogens with zero attached hydrogens (tertiary/aromatic N) is 1. The number of hydrogen-bond donors (Lipinski definition) is 2. The highest BCUT2D eigenvalue weighted by Gasteiger charge is 2.13. The smallest absolute Gasteiger partial charge is 0.231 e. The average molecular weight is 299 g/mol. The molecule has 1 aromatic carbocycles. The van der Waals surface area contributed by atoms with Gasteiger partial charge in [-0.05, 0) is 24.3 Å². The number of nitrogens with one attached hydrogen (secondary N) is 2. The number of pyridine rings is 1. The van der Waals surface area contributed by atoms with E-state index in [0.29, 0.717) is 36.7 Å². The molecule has 0 bridgehead atoms. The van der Waals surface area contributed by atoms with Crippen LogP contribution in [-0.4, -0.2) is 24.2 Å². The fourth-order valence-electron chi connectivity index (χ4n) is 2.12. The Morgan fingerprint density at radius 2 is 2.09 bits per heavy atom. The summed E-state index contributed by atoms with van der Waals surface area (Å²) in [4.78, 5) is 16.1. The van der Waals surface area contributed by atoms with Crippen LogP contribution in [0, 0.1) is 0 Å². The van der Waals surface area contributed by atoms with Gasteiger partial charge >= 0.3 is 0 Å². The van der Waals surface area contributed by atoms with E-state index in [2.05, 4.69) is 15.6 Å². The highest BCUT2D eigenvalue weighted by molar-refractivity contribution is 5.91. The number of benzene rings is 1. The fourth-order valence-corrected chi connectivity index (χ4v) is 2.12. The molecule has 1 aliphatic rings. The molecule has 6 nitrogen and oxygen atoms in total. The number of aromatic nitrogens is 1. The van der Waals surface area contributed by atoms with E-state index in [-0.39, 0.29) is 12.7 Å². The fraction of sp³-hybridized carbons (Fsp3) is 0.250. The summed E-state index contributed by atoms with van der Waals surface area (Å²) in [6.45, 7) is 1.47. The molecular weight excluding hydrogens is 282 g/mol. The maximum atomic E-state index is 11.9. The zero-order valence-electron chi connectivity index (χ0n) is 12.0. The van der Waals surface area contributed by atoms with Crippen molar-refractivity contribution in [2.45, 2.75) is 13.0 Å². The molecule has 0 radical (unpaired) electrons. The standard InChI is InChI=1S/C16H17N3O3/c20-16(6-8-17-10-13-3-1-2-7-18-13)19-12-4-5-14-15(9-12)22-11-21-14/h1-5,7,9,17H,6,8,10-11H2,(H,19,20). The van der Waals surface area contributed by atoms with Crippen molar-refractivity contribution in [3.63, 3.8) is 0 Å². The highest BCUT2D eigenvalue weighted by atomic mass is 16.7. The van der Waals surface area contributed by atoms with Crippen LogP contribution in [0.2, 0.25) is 0 Å². The van der Waals surface area contributed by atoms with E-state index in [9.17, 15) is 4.79 Å². The Labute approximate surface area is 128 Å². The molecule has 22 heavy (non-hydrogen) atoms. The van der Waals surface area contributed by atoms with Crippen molar-refractivity contribution in [1.82, 2.24) is 10.3 Å². The Kier molecular flexibility index (Phi) is 4.50. The number of ether oxygens (including phenoxy) is 2. The van der Waals surface area contributed by atoms with Crippen LogP contribution >= 0.6 is 0 Å². The quantitative estimate of drug-likeness (QED) is 0.797. The molecule has 0 atom stereocenters. The minimum Gasteiger partial charge on any atom is -0.454 e. The van der Waals surface area contributed by atoms with E-state index in [1.165, 1.54) is 0 Å². The number of carbonyl (C=O) groups is 1. The van der Waals surface area contributed by atoms with E-state index in [0.717, 1.165) is 5.69 Å². The Hall–Kier alpha value is -2.60. The van der Waals surface area contributed by atoms with Gasteiger partial charge in [-0.2, -0.15) is 0 Å².